The van der Waals surface area contributed by atoms with Gasteiger partial charge >= 0.3 is 0 Å². The van der Waals surface area contributed by atoms with Crippen molar-refractivity contribution in [3.63, 3.8) is 0 Å². The lowest BCUT2D eigenvalue weighted by atomic mass is 10.0. The molecule has 0 aromatic heterocycles. The standard InChI is InChI=1S/C9H15NO2/c1-6-7(2)12-5-8(9(6)11)10(3)4/h8H,5H2,1-4H3. The molecule has 0 spiro atoms. The minimum Gasteiger partial charge on any atom is -0.496 e. The van der Waals surface area contributed by atoms with Crippen LogP contribution in [0, 0.1) is 0 Å². The molecule has 0 bridgehead atoms. The van der Waals surface area contributed by atoms with Gasteiger partial charge in [0.2, 0.25) is 0 Å². The Morgan fingerprint density at radius 2 is 2.00 bits per heavy atom. The van der Waals surface area contributed by atoms with Gasteiger partial charge in [0, 0.05) is 5.57 Å². The first-order chi connectivity index (χ1) is 5.54. The van der Waals surface area contributed by atoms with Gasteiger partial charge < -0.3 is 4.74 Å². The van der Waals surface area contributed by atoms with Gasteiger partial charge in [0.25, 0.3) is 0 Å². The summed E-state index contributed by atoms with van der Waals surface area (Å²) in [4.78, 5) is 13.5. The van der Waals surface area contributed by atoms with Crippen LogP contribution in [-0.2, 0) is 9.53 Å². The summed E-state index contributed by atoms with van der Waals surface area (Å²) in [5, 5.41) is 0. The van der Waals surface area contributed by atoms with E-state index in [2.05, 4.69) is 0 Å². The Morgan fingerprint density at radius 1 is 1.42 bits per heavy atom. The highest BCUT2D eigenvalue weighted by Gasteiger charge is 2.28. The molecule has 12 heavy (non-hydrogen) atoms. The number of Topliss-reactive ketones (excluding diaryl/α,β-unsaturated/α-hetero) is 1. The summed E-state index contributed by atoms with van der Waals surface area (Å²) in [5.41, 5.74) is 0.750. The van der Waals surface area contributed by atoms with E-state index in [9.17, 15) is 4.79 Å². The topological polar surface area (TPSA) is 29.5 Å². The zero-order valence-electron chi connectivity index (χ0n) is 8.05. The molecule has 3 heteroatoms. The number of allylic oxidation sites excluding steroid dienone is 1. The zero-order valence-corrected chi connectivity index (χ0v) is 8.05. The van der Waals surface area contributed by atoms with Crippen LogP contribution in [-0.4, -0.2) is 37.4 Å². The number of rotatable bonds is 1. The number of hydrogen-bond donors (Lipinski definition) is 0. The fraction of sp³-hybridized carbons (Fsp3) is 0.667. The maximum absolute atomic E-state index is 11.6. The van der Waals surface area contributed by atoms with Crippen molar-refractivity contribution in [3.8, 4) is 0 Å². The molecule has 0 aromatic rings. The summed E-state index contributed by atoms with van der Waals surface area (Å²) in [6.07, 6.45) is 0. The Bertz CT molecular complexity index is 231. The van der Waals surface area contributed by atoms with E-state index in [-0.39, 0.29) is 11.8 Å². The highest BCUT2D eigenvalue weighted by atomic mass is 16.5. The highest BCUT2D eigenvalue weighted by molar-refractivity contribution is 6.00. The molecule has 1 atom stereocenters. The van der Waals surface area contributed by atoms with Crippen LogP contribution in [0.4, 0.5) is 0 Å². The summed E-state index contributed by atoms with van der Waals surface area (Å²) >= 11 is 0. The van der Waals surface area contributed by atoms with Gasteiger partial charge in [-0.1, -0.05) is 0 Å². The average molecular weight is 169 g/mol. The van der Waals surface area contributed by atoms with E-state index >= 15 is 0 Å². The summed E-state index contributed by atoms with van der Waals surface area (Å²) in [5.74, 6) is 0.946. The van der Waals surface area contributed by atoms with Gasteiger partial charge in [-0.05, 0) is 27.9 Å². The lowest BCUT2D eigenvalue weighted by Crippen LogP contribution is -2.42. The van der Waals surface area contributed by atoms with Crippen LogP contribution in [0.25, 0.3) is 0 Å². The second-order valence-corrected chi connectivity index (χ2v) is 3.34. The molecule has 0 saturated heterocycles. The van der Waals surface area contributed by atoms with Crippen LogP contribution in [0.5, 0.6) is 0 Å². The molecular weight excluding hydrogens is 154 g/mol. The van der Waals surface area contributed by atoms with Crippen molar-refractivity contribution in [2.75, 3.05) is 20.7 Å². The number of ketones is 1. The summed E-state index contributed by atoms with van der Waals surface area (Å²) < 4.78 is 5.35. The van der Waals surface area contributed by atoms with E-state index in [1.807, 2.05) is 32.8 Å². The summed E-state index contributed by atoms with van der Waals surface area (Å²) in [6, 6.07) is -0.103. The third-order valence-electron chi connectivity index (χ3n) is 2.28. The van der Waals surface area contributed by atoms with E-state index in [4.69, 9.17) is 4.74 Å². The van der Waals surface area contributed by atoms with Gasteiger partial charge in [0.1, 0.15) is 12.6 Å². The first-order valence-electron chi connectivity index (χ1n) is 4.05. The monoisotopic (exact) mass is 169 g/mol. The van der Waals surface area contributed by atoms with Gasteiger partial charge in [-0.3, -0.25) is 9.69 Å². The van der Waals surface area contributed by atoms with Crippen LogP contribution in [0.3, 0.4) is 0 Å². The third-order valence-corrected chi connectivity index (χ3v) is 2.28. The van der Waals surface area contributed by atoms with Crippen molar-refractivity contribution in [2.24, 2.45) is 0 Å². The van der Waals surface area contributed by atoms with Crippen molar-refractivity contribution in [3.05, 3.63) is 11.3 Å². The molecular formula is C9H15NO2. The second-order valence-electron chi connectivity index (χ2n) is 3.34. The molecule has 1 aliphatic rings. The van der Waals surface area contributed by atoms with Crippen LogP contribution in [0.1, 0.15) is 13.8 Å². The Morgan fingerprint density at radius 3 is 2.50 bits per heavy atom. The lowest BCUT2D eigenvalue weighted by molar-refractivity contribution is -0.123. The highest BCUT2D eigenvalue weighted by Crippen LogP contribution is 2.17. The van der Waals surface area contributed by atoms with E-state index in [0.29, 0.717) is 6.61 Å². The van der Waals surface area contributed by atoms with Crippen molar-refractivity contribution >= 4 is 5.78 Å². The third kappa shape index (κ3) is 1.50. The van der Waals surface area contributed by atoms with Crippen LogP contribution >= 0.6 is 0 Å². The molecule has 0 aliphatic carbocycles. The molecule has 0 aromatic carbocycles. The predicted octanol–water partition coefficient (Wildman–Crippen LogP) is 0.810. The molecule has 0 N–H and O–H groups in total. The number of nitrogens with zero attached hydrogens (tertiary/aromatic N) is 1. The van der Waals surface area contributed by atoms with Crippen molar-refractivity contribution < 1.29 is 9.53 Å². The molecule has 1 heterocycles. The molecule has 1 unspecified atom stereocenters. The van der Waals surface area contributed by atoms with Crippen LogP contribution in [0.2, 0.25) is 0 Å². The Balaban J connectivity index is 2.84. The minimum atomic E-state index is -0.103. The lowest BCUT2D eigenvalue weighted by Gasteiger charge is -2.28. The van der Waals surface area contributed by atoms with E-state index in [1.54, 1.807) is 0 Å². The largest absolute Gasteiger partial charge is 0.496 e. The average Bonchev–Trinajstić information content (AvgIpc) is 2.00. The first-order valence-corrected chi connectivity index (χ1v) is 4.05. The molecule has 0 amide bonds. The fourth-order valence-corrected chi connectivity index (χ4v) is 1.19. The smallest absolute Gasteiger partial charge is 0.182 e. The Hall–Kier alpha value is -0.830. The van der Waals surface area contributed by atoms with E-state index < -0.39 is 0 Å². The quantitative estimate of drug-likeness (QED) is 0.581. The van der Waals surface area contributed by atoms with Gasteiger partial charge in [0.05, 0.1) is 5.76 Å². The summed E-state index contributed by atoms with van der Waals surface area (Å²) in [7, 11) is 3.78. The number of carbonyl (C=O) groups excluding carboxylic acids is 1. The first kappa shape index (κ1) is 9.26. The van der Waals surface area contributed by atoms with Gasteiger partial charge in [-0.2, -0.15) is 0 Å². The van der Waals surface area contributed by atoms with Crippen molar-refractivity contribution in [1.82, 2.24) is 4.90 Å². The molecule has 0 saturated carbocycles. The zero-order chi connectivity index (χ0) is 9.30. The van der Waals surface area contributed by atoms with Crippen LogP contribution < -0.4 is 0 Å². The normalized spacial score (nSPS) is 24.8. The SMILES string of the molecule is CC1=C(C)C(=O)C(N(C)C)CO1. The number of carbonyl (C=O) groups is 1. The number of ether oxygens (including phenoxy) is 1. The molecule has 3 nitrogen and oxygen atoms in total. The molecule has 0 fully saturated rings. The maximum Gasteiger partial charge on any atom is 0.182 e. The van der Waals surface area contributed by atoms with Gasteiger partial charge in [0.15, 0.2) is 5.78 Å². The predicted molar refractivity (Wildman–Crippen MR) is 46.8 cm³/mol. The molecule has 68 valence electrons. The molecule has 0 radical (unpaired) electrons. The summed E-state index contributed by atoms with van der Waals surface area (Å²) in [6.45, 7) is 4.13. The Labute approximate surface area is 73.0 Å². The fourth-order valence-electron chi connectivity index (χ4n) is 1.19. The van der Waals surface area contributed by atoms with Gasteiger partial charge in [-0.25, -0.2) is 0 Å². The minimum absolute atomic E-state index is 0.103. The molecule has 1 aliphatic heterocycles. The number of likely N-dealkylation sites (N-methyl/N-ethyl adjacent to an activating group) is 1. The maximum atomic E-state index is 11.6. The number of hydrogen-bond acceptors (Lipinski definition) is 3. The van der Waals surface area contributed by atoms with Crippen molar-refractivity contribution in [2.45, 2.75) is 19.9 Å². The van der Waals surface area contributed by atoms with Gasteiger partial charge in [-0.15, -0.1) is 0 Å². The van der Waals surface area contributed by atoms with Crippen molar-refractivity contribution in [1.29, 1.82) is 0 Å². The second kappa shape index (κ2) is 3.27. The molecule has 1 rings (SSSR count). The van der Waals surface area contributed by atoms with E-state index in [1.165, 1.54) is 0 Å². The van der Waals surface area contributed by atoms with E-state index in [0.717, 1.165) is 11.3 Å². The Kier molecular flexibility index (Phi) is 2.52. The van der Waals surface area contributed by atoms with Crippen LogP contribution in [0.15, 0.2) is 11.3 Å².